The lowest BCUT2D eigenvalue weighted by Gasteiger charge is -2.21. The van der Waals surface area contributed by atoms with Gasteiger partial charge in [0.1, 0.15) is 18.0 Å². The van der Waals surface area contributed by atoms with Gasteiger partial charge in [0.2, 0.25) is 31.4 Å². The fourth-order valence-electron chi connectivity index (χ4n) is 5.69. The molecule has 6 atom stereocenters. The normalized spacial score (nSPS) is 23.6. The maximum Gasteiger partial charge on any atom is 0.409 e. The maximum absolute atomic E-state index is 13.6. The molecule has 4 aromatic heterocycles. The van der Waals surface area contributed by atoms with Crippen molar-refractivity contribution in [2.45, 2.75) is 91.5 Å². The molecule has 0 saturated carbocycles. The molecule has 0 aromatic carbocycles. The lowest BCUT2D eigenvalue weighted by atomic mass is 10.1. The Morgan fingerprint density at radius 2 is 1.16 bits per heavy atom. The first-order chi connectivity index (χ1) is 25.5. The number of carbonyl (C=O) groups is 4. The summed E-state index contributed by atoms with van der Waals surface area (Å²) < 4.78 is 48.4. The van der Waals surface area contributed by atoms with E-state index in [0.29, 0.717) is 11.2 Å². The van der Waals surface area contributed by atoms with Crippen molar-refractivity contribution in [3.05, 3.63) is 41.6 Å². The van der Waals surface area contributed by atoms with Crippen molar-refractivity contribution in [1.82, 2.24) is 39.0 Å². The highest BCUT2D eigenvalue weighted by Crippen LogP contribution is 2.43. The van der Waals surface area contributed by atoms with E-state index < -0.39 is 79.3 Å². The standard InChI is InChI=1S/C15H15FN6O5.C15H17N7O5.2CH4/c1-7(23)25-5-15(18-3)9(26-8(2)24)4-10(27-15)22-6-19-11-12(17)20-14(16)21-13(11)22;1-7(23)25-5-15(18-3)9(26-8(2)24)4-10(27-15)22-6-19-11-12(16)20-14(17)21-13(11)22;;/h6,9-10H,4-5H2,1-2H3,(H2,17,20,21);6,9-10H,4-5H2,1-2H3,(H4,16,17,20,21);2*1H4/t2*9-,10-,15-;;/m11../s1. The highest BCUT2D eigenvalue weighted by Gasteiger charge is 2.61. The Bertz CT molecular complexity index is 2060. The Morgan fingerprint density at radius 1 is 0.750 bits per heavy atom. The van der Waals surface area contributed by atoms with E-state index in [9.17, 15) is 23.6 Å². The number of ether oxygens (including phenoxy) is 6. The molecule has 0 aliphatic carbocycles. The maximum atomic E-state index is 13.6. The van der Waals surface area contributed by atoms with Gasteiger partial charge in [-0.15, -0.1) is 0 Å². The Hall–Kier alpha value is -6.79. The highest BCUT2D eigenvalue weighted by atomic mass is 19.1. The lowest BCUT2D eigenvalue weighted by Crippen LogP contribution is -2.43. The molecule has 6 rings (SSSR count). The number of halogens is 1. The number of anilines is 3. The molecule has 2 saturated heterocycles. The largest absolute Gasteiger partial charge is 0.454 e. The number of carbonyl (C=O) groups excluding carboxylic acids is 4. The van der Waals surface area contributed by atoms with Gasteiger partial charge in [0.05, 0.1) is 12.7 Å². The molecule has 0 spiro atoms. The van der Waals surface area contributed by atoms with E-state index in [0.717, 1.165) is 0 Å². The molecule has 56 heavy (non-hydrogen) atoms. The van der Waals surface area contributed by atoms with Crippen LogP contribution in [-0.2, 0) is 47.6 Å². The van der Waals surface area contributed by atoms with Crippen LogP contribution in [0.25, 0.3) is 32.0 Å². The van der Waals surface area contributed by atoms with Gasteiger partial charge in [-0.25, -0.2) is 23.1 Å². The summed E-state index contributed by atoms with van der Waals surface area (Å²) in [7, 11) is 0. The summed E-state index contributed by atoms with van der Waals surface area (Å²) in [5.74, 6) is -2.54. The third kappa shape index (κ3) is 8.77. The van der Waals surface area contributed by atoms with Gasteiger partial charge in [-0.1, -0.05) is 14.9 Å². The number of rotatable bonds is 8. The highest BCUT2D eigenvalue weighted by molar-refractivity contribution is 5.83. The van der Waals surface area contributed by atoms with Crippen LogP contribution >= 0.6 is 0 Å². The molecule has 2 aliphatic heterocycles. The molecule has 23 nitrogen and oxygen atoms in total. The van der Waals surface area contributed by atoms with Crippen LogP contribution in [0.4, 0.5) is 22.0 Å². The van der Waals surface area contributed by atoms with Crippen LogP contribution in [0.15, 0.2) is 12.7 Å². The first-order valence-electron chi connectivity index (χ1n) is 15.7. The molecule has 4 aromatic rings. The van der Waals surface area contributed by atoms with Crippen LogP contribution in [0.1, 0.15) is 67.8 Å². The molecular formula is C32H40FN13O10. The molecule has 2 aliphatic rings. The van der Waals surface area contributed by atoms with Crippen molar-refractivity contribution >= 4 is 63.8 Å². The number of fused-ring (bicyclic) bond motifs is 2. The van der Waals surface area contributed by atoms with Gasteiger partial charge in [0.15, 0.2) is 28.4 Å². The van der Waals surface area contributed by atoms with Crippen LogP contribution in [0.2, 0.25) is 0 Å². The predicted molar refractivity (Wildman–Crippen MR) is 190 cm³/mol. The number of imidazole rings is 2. The van der Waals surface area contributed by atoms with Crippen LogP contribution in [0, 0.1) is 19.2 Å². The van der Waals surface area contributed by atoms with Crippen LogP contribution in [0.3, 0.4) is 0 Å². The summed E-state index contributed by atoms with van der Waals surface area (Å²) in [5.41, 5.74) is 14.5. The summed E-state index contributed by atoms with van der Waals surface area (Å²) in [6.45, 7) is 19.0. The van der Waals surface area contributed by atoms with E-state index in [1.54, 1.807) is 0 Å². The molecule has 2 fully saturated rings. The van der Waals surface area contributed by atoms with Crippen molar-refractivity contribution in [3.63, 3.8) is 0 Å². The average molecular weight is 786 g/mol. The van der Waals surface area contributed by atoms with Crippen molar-refractivity contribution in [3.8, 4) is 0 Å². The third-order valence-electron chi connectivity index (χ3n) is 7.98. The number of nitrogen functional groups attached to an aromatic ring is 3. The fourth-order valence-corrected chi connectivity index (χ4v) is 5.69. The molecule has 300 valence electrons. The number of nitrogens with zero attached hydrogens (tertiary/aromatic N) is 10. The number of hydrogen-bond donors (Lipinski definition) is 3. The summed E-state index contributed by atoms with van der Waals surface area (Å²) in [6, 6.07) is 0. The van der Waals surface area contributed by atoms with Crippen molar-refractivity contribution in [1.29, 1.82) is 0 Å². The van der Waals surface area contributed by atoms with E-state index in [-0.39, 0.29) is 56.4 Å². The van der Waals surface area contributed by atoms with Crippen LogP contribution in [0.5, 0.6) is 0 Å². The zero-order valence-corrected chi connectivity index (χ0v) is 29.0. The van der Waals surface area contributed by atoms with Crippen molar-refractivity contribution in [2.75, 3.05) is 30.4 Å². The number of nitrogens with two attached hydrogens (primary N) is 3. The van der Waals surface area contributed by atoms with E-state index in [1.165, 1.54) is 49.5 Å². The molecule has 0 radical (unpaired) electrons. The van der Waals surface area contributed by atoms with Gasteiger partial charge < -0.3 is 36.1 Å². The number of esters is 4. The molecule has 6 N–H and O–H groups in total. The Kier molecular flexibility index (Phi) is 13.3. The van der Waals surface area contributed by atoms with E-state index in [2.05, 4.69) is 39.6 Å². The van der Waals surface area contributed by atoms with E-state index >= 15 is 0 Å². The molecule has 0 unspecified atom stereocenters. The summed E-state index contributed by atoms with van der Waals surface area (Å²) in [6.07, 6.45) is -1.86. The monoisotopic (exact) mass is 785 g/mol. The van der Waals surface area contributed by atoms with E-state index in [1.807, 2.05) is 0 Å². The van der Waals surface area contributed by atoms with E-state index in [4.69, 9.17) is 58.8 Å². The van der Waals surface area contributed by atoms with Gasteiger partial charge in [-0.3, -0.25) is 47.5 Å². The summed E-state index contributed by atoms with van der Waals surface area (Å²) in [5, 5.41) is 0. The predicted octanol–water partition coefficient (Wildman–Crippen LogP) is 1.87. The second-order valence-corrected chi connectivity index (χ2v) is 11.8. The third-order valence-corrected chi connectivity index (χ3v) is 7.98. The zero-order chi connectivity index (χ0) is 39.5. The second kappa shape index (κ2) is 17.1. The Morgan fingerprint density at radius 3 is 1.55 bits per heavy atom. The first-order valence-corrected chi connectivity index (χ1v) is 15.7. The van der Waals surface area contributed by atoms with Gasteiger partial charge in [0, 0.05) is 40.5 Å². The van der Waals surface area contributed by atoms with Gasteiger partial charge >= 0.3 is 41.4 Å². The van der Waals surface area contributed by atoms with Gasteiger partial charge in [-0.05, 0) is 0 Å². The fraction of sp³-hybridized carbons (Fsp3) is 0.500. The summed E-state index contributed by atoms with van der Waals surface area (Å²) >= 11 is 0. The SMILES string of the molecule is C.C.[C-]#[N+][C@]1(COC(C)=O)O[C@@H](n2cnc3c(N)nc(F)nc32)C[C@H]1OC(C)=O.[C-]#[N+][C@]1(COC(C)=O)O[C@@H](n2cnc3c(N)nc(N)nc32)C[C@H]1OC(C)=O. The van der Waals surface area contributed by atoms with Crippen LogP contribution in [-0.4, -0.2) is 99.8 Å². The molecule has 24 heteroatoms. The lowest BCUT2D eigenvalue weighted by molar-refractivity contribution is -0.167. The van der Waals surface area contributed by atoms with Crippen LogP contribution < -0.4 is 17.2 Å². The minimum Gasteiger partial charge on any atom is -0.454 e. The number of aromatic nitrogens is 8. The van der Waals surface area contributed by atoms with Crippen molar-refractivity contribution < 1.29 is 52.0 Å². The van der Waals surface area contributed by atoms with Gasteiger partial charge in [0.25, 0.3) is 0 Å². The Labute approximate surface area is 318 Å². The topological polar surface area (TPSA) is 298 Å². The molecule has 0 bridgehead atoms. The number of hydrogen-bond acceptors (Lipinski definition) is 19. The Balaban J connectivity index is 0.000000290. The molecule has 0 amide bonds. The minimum absolute atomic E-state index is 0. The zero-order valence-electron chi connectivity index (χ0n) is 29.0. The van der Waals surface area contributed by atoms with Crippen molar-refractivity contribution in [2.24, 2.45) is 0 Å². The second-order valence-electron chi connectivity index (χ2n) is 11.8. The van der Waals surface area contributed by atoms with Gasteiger partial charge in [-0.2, -0.15) is 24.3 Å². The molecular weight excluding hydrogens is 745 g/mol. The average Bonchev–Trinajstić information content (AvgIpc) is 3.86. The first kappa shape index (κ1) is 43.6. The molecule has 6 heterocycles. The quantitative estimate of drug-likeness (QED) is 0.0994. The summed E-state index contributed by atoms with van der Waals surface area (Å²) in [4.78, 5) is 75.4. The smallest absolute Gasteiger partial charge is 0.409 e. The minimum atomic E-state index is -1.75.